The fourth-order valence-corrected chi connectivity index (χ4v) is 4.52. The lowest BCUT2D eigenvalue weighted by molar-refractivity contribution is 0.0719. The molecule has 0 bridgehead atoms. The van der Waals surface area contributed by atoms with Gasteiger partial charge < -0.3 is 19.9 Å². The zero-order valence-corrected chi connectivity index (χ0v) is 21.4. The lowest BCUT2D eigenvalue weighted by atomic mass is 10.1. The second-order valence-electron chi connectivity index (χ2n) is 9.06. The van der Waals surface area contributed by atoms with Crippen LogP contribution in [-0.4, -0.2) is 65.5 Å². The minimum Gasteiger partial charge on any atom is -0.374 e. The first-order chi connectivity index (χ1) is 16.8. The topological polar surface area (TPSA) is 88.4 Å². The summed E-state index contributed by atoms with van der Waals surface area (Å²) in [5.74, 6) is 2.39. The molecule has 35 heavy (non-hydrogen) atoms. The van der Waals surface area contributed by atoms with Crippen LogP contribution in [-0.2, 0) is 18.2 Å². The largest absolute Gasteiger partial charge is 0.374 e. The highest BCUT2D eigenvalue weighted by Gasteiger charge is 2.35. The zero-order chi connectivity index (χ0) is 25.1. The Hall–Kier alpha value is -3.46. The normalized spacial score (nSPS) is 17.6. The molecular weight excluding hydrogens is 442 g/mol. The molecule has 0 spiro atoms. The predicted octanol–water partition coefficient (Wildman–Crippen LogP) is 2.88. The smallest absolute Gasteiger partial charge is 0.277 e. The van der Waals surface area contributed by atoms with E-state index >= 15 is 0 Å². The van der Waals surface area contributed by atoms with Crippen LogP contribution in [0.4, 0.5) is 17.3 Å². The van der Waals surface area contributed by atoms with E-state index in [2.05, 4.69) is 20.2 Å². The number of nitrogens with zero attached hydrogens (tertiary/aromatic N) is 6. The molecule has 9 nitrogen and oxygen atoms in total. The van der Waals surface area contributed by atoms with E-state index in [0.717, 1.165) is 28.5 Å². The Bertz CT molecular complexity index is 1230. The SMILES string of the molecule is CCOC1CN(c2ccccn2)CC1Nc1c(CC)nc(-c2cnc(N(C)C)cc2C)n(C)c1=O. The third-order valence-electron chi connectivity index (χ3n) is 6.45. The summed E-state index contributed by atoms with van der Waals surface area (Å²) in [4.78, 5) is 31.7. The van der Waals surface area contributed by atoms with Gasteiger partial charge in [-0.1, -0.05) is 13.0 Å². The van der Waals surface area contributed by atoms with Gasteiger partial charge in [0.2, 0.25) is 0 Å². The fraction of sp³-hybridized carbons (Fsp3) is 0.462. The molecule has 4 heterocycles. The monoisotopic (exact) mass is 477 g/mol. The average molecular weight is 478 g/mol. The molecule has 3 aromatic rings. The van der Waals surface area contributed by atoms with Gasteiger partial charge in [0.25, 0.3) is 5.56 Å². The summed E-state index contributed by atoms with van der Waals surface area (Å²) < 4.78 is 7.66. The first-order valence-electron chi connectivity index (χ1n) is 12.1. The molecule has 3 aromatic heterocycles. The average Bonchev–Trinajstić information content (AvgIpc) is 3.25. The molecule has 186 valence electrons. The van der Waals surface area contributed by atoms with Crippen molar-refractivity contribution in [2.75, 3.05) is 48.9 Å². The van der Waals surface area contributed by atoms with Crippen LogP contribution in [0, 0.1) is 6.92 Å². The summed E-state index contributed by atoms with van der Waals surface area (Å²) in [6.07, 6.45) is 4.15. The standard InChI is InChI=1S/C26H35N7O2/c1-7-19-24(29-20-15-33(16-21(20)35-8-2)22-11-9-10-12-27-22)26(34)32(6)25(30-19)18-14-28-23(31(4)5)13-17(18)3/h9-14,20-21,29H,7-8,15-16H2,1-6H3. The lowest BCUT2D eigenvalue weighted by Crippen LogP contribution is -2.38. The van der Waals surface area contributed by atoms with Crippen molar-refractivity contribution in [2.45, 2.75) is 39.3 Å². The molecule has 0 aromatic carbocycles. The van der Waals surface area contributed by atoms with E-state index < -0.39 is 0 Å². The Morgan fingerprint density at radius 3 is 2.63 bits per heavy atom. The Kier molecular flexibility index (Phi) is 7.35. The van der Waals surface area contributed by atoms with Crippen molar-refractivity contribution in [3.8, 4) is 11.4 Å². The number of hydrogen-bond donors (Lipinski definition) is 1. The first-order valence-corrected chi connectivity index (χ1v) is 12.1. The maximum Gasteiger partial charge on any atom is 0.277 e. The van der Waals surface area contributed by atoms with Crippen molar-refractivity contribution in [1.29, 1.82) is 0 Å². The minimum absolute atomic E-state index is 0.0645. The van der Waals surface area contributed by atoms with Crippen molar-refractivity contribution in [3.05, 3.63) is 58.3 Å². The van der Waals surface area contributed by atoms with Crippen molar-refractivity contribution in [2.24, 2.45) is 7.05 Å². The van der Waals surface area contributed by atoms with Crippen LogP contribution in [0.15, 0.2) is 41.5 Å². The second-order valence-corrected chi connectivity index (χ2v) is 9.06. The Morgan fingerprint density at radius 1 is 1.20 bits per heavy atom. The quantitative estimate of drug-likeness (QED) is 0.530. The predicted molar refractivity (Wildman–Crippen MR) is 140 cm³/mol. The number of nitrogens with one attached hydrogen (secondary N) is 1. The van der Waals surface area contributed by atoms with Crippen molar-refractivity contribution in [1.82, 2.24) is 19.5 Å². The number of anilines is 3. The van der Waals surface area contributed by atoms with E-state index in [1.807, 2.05) is 64.0 Å². The lowest BCUT2D eigenvalue weighted by Gasteiger charge is -2.23. The molecule has 1 aliphatic rings. The number of aryl methyl sites for hydroxylation is 2. The van der Waals surface area contributed by atoms with Gasteiger partial charge in [0, 0.05) is 58.8 Å². The van der Waals surface area contributed by atoms with E-state index in [4.69, 9.17) is 9.72 Å². The van der Waals surface area contributed by atoms with Crippen molar-refractivity contribution in [3.63, 3.8) is 0 Å². The third-order valence-corrected chi connectivity index (χ3v) is 6.45. The highest BCUT2D eigenvalue weighted by Crippen LogP contribution is 2.26. The number of pyridine rings is 2. The molecule has 0 amide bonds. The molecule has 1 saturated heterocycles. The number of aromatic nitrogens is 4. The summed E-state index contributed by atoms with van der Waals surface area (Å²) in [5, 5.41) is 3.51. The summed E-state index contributed by atoms with van der Waals surface area (Å²) in [6.45, 7) is 8.02. The van der Waals surface area contributed by atoms with E-state index in [9.17, 15) is 4.79 Å². The van der Waals surface area contributed by atoms with Crippen LogP contribution in [0.1, 0.15) is 25.1 Å². The molecule has 4 rings (SSSR count). The summed E-state index contributed by atoms with van der Waals surface area (Å²) >= 11 is 0. The Balaban J connectivity index is 1.68. The highest BCUT2D eigenvalue weighted by molar-refractivity contribution is 5.64. The van der Waals surface area contributed by atoms with Gasteiger partial charge in [-0.25, -0.2) is 15.0 Å². The number of rotatable bonds is 8. The van der Waals surface area contributed by atoms with E-state index in [0.29, 0.717) is 37.6 Å². The highest BCUT2D eigenvalue weighted by atomic mass is 16.5. The van der Waals surface area contributed by atoms with Crippen LogP contribution in [0.2, 0.25) is 0 Å². The maximum absolute atomic E-state index is 13.6. The molecule has 0 saturated carbocycles. The van der Waals surface area contributed by atoms with Gasteiger partial charge in [-0.05, 0) is 44.0 Å². The van der Waals surface area contributed by atoms with E-state index in [1.165, 1.54) is 0 Å². The molecule has 0 radical (unpaired) electrons. The summed E-state index contributed by atoms with van der Waals surface area (Å²) in [6, 6.07) is 7.83. The van der Waals surface area contributed by atoms with Gasteiger partial charge in [-0.2, -0.15) is 0 Å². The Morgan fingerprint density at radius 2 is 2.00 bits per heavy atom. The minimum atomic E-state index is -0.102. The van der Waals surface area contributed by atoms with E-state index in [1.54, 1.807) is 24.0 Å². The van der Waals surface area contributed by atoms with Crippen LogP contribution in [0.5, 0.6) is 0 Å². The van der Waals surface area contributed by atoms with Crippen LogP contribution >= 0.6 is 0 Å². The Labute approximate surface area is 206 Å². The molecule has 9 heteroatoms. The van der Waals surface area contributed by atoms with Crippen molar-refractivity contribution >= 4 is 17.3 Å². The third kappa shape index (κ3) is 5.00. The maximum atomic E-state index is 13.6. The van der Waals surface area contributed by atoms with Crippen molar-refractivity contribution < 1.29 is 4.74 Å². The zero-order valence-electron chi connectivity index (χ0n) is 21.4. The second kappa shape index (κ2) is 10.4. The molecule has 2 unspecified atom stereocenters. The summed E-state index contributed by atoms with van der Waals surface area (Å²) in [7, 11) is 5.68. The van der Waals surface area contributed by atoms with Gasteiger partial charge in [0.05, 0.1) is 17.8 Å². The number of hydrogen-bond acceptors (Lipinski definition) is 8. The van der Waals surface area contributed by atoms with Gasteiger partial charge in [0.15, 0.2) is 0 Å². The first kappa shape index (κ1) is 24.7. The molecule has 1 aliphatic heterocycles. The molecule has 0 aliphatic carbocycles. The van der Waals surface area contributed by atoms with Gasteiger partial charge in [-0.15, -0.1) is 0 Å². The molecule has 1 fully saturated rings. The van der Waals surface area contributed by atoms with Crippen LogP contribution in [0.3, 0.4) is 0 Å². The molecule has 1 N–H and O–H groups in total. The summed E-state index contributed by atoms with van der Waals surface area (Å²) in [5.41, 5.74) is 3.05. The van der Waals surface area contributed by atoms with Gasteiger partial charge >= 0.3 is 0 Å². The van der Waals surface area contributed by atoms with Gasteiger partial charge in [0.1, 0.15) is 23.1 Å². The van der Waals surface area contributed by atoms with Gasteiger partial charge in [-0.3, -0.25) is 9.36 Å². The van der Waals surface area contributed by atoms with Crippen LogP contribution in [0.25, 0.3) is 11.4 Å². The number of ether oxygens (including phenoxy) is 1. The fourth-order valence-electron chi connectivity index (χ4n) is 4.52. The van der Waals surface area contributed by atoms with Crippen LogP contribution < -0.4 is 20.7 Å². The molecular formula is C26H35N7O2. The van der Waals surface area contributed by atoms with E-state index in [-0.39, 0.29) is 17.7 Å². The molecule has 2 atom stereocenters.